The lowest BCUT2D eigenvalue weighted by Crippen LogP contribution is -2.45. The molecule has 8 heteroatoms. The number of rotatable bonds is 5. The first kappa shape index (κ1) is 18.1. The van der Waals surface area contributed by atoms with Crippen LogP contribution in [0.25, 0.3) is 11.3 Å². The molecule has 2 aromatic carbocycles. The molecule has 2 heterocycles. The van der Waals surface area contributed by atoms with Crippen LogP contribution in [0, 0.1) is 11.6 Å². The highest BCUT2D eigenvalue weighted by Crippen LogP contribution is 2.25. The lowest BCUT2D eigenvalue weighted by atomic mass is 10.1. The standard InChI is InChI=1S/C20H18F2N4O2/c1-28-15-6-3-12(4-7-15)17-9-18-20(27)24-11-19(26(18)25-17)23-10-13-2-5-14(21)8-16(13)22/h2-9,19,23H,10-11H2,1H3,(H,24,27)/t19-/m1/s1. The molecule has 1 aromatic heterocycles. The Balaban J connectivity index is 1.58. The van der Waals surface area contributed by atoms with Crippen molar-refractivity contribution in [2.45, 2.75) is 12.7 Å². The van der Waals surface area contributed by atoms with Crippen LogP contribution in [0.3, 0.4) is 0 Å². The molecule has 0 radical (unpaired) electrons. The van der Waals surface area contributed by atoms with Crippen LogP contribution in [0.15, 0.2) is 48.5 Å². The highest BCUT2D eigenvalue weighted by atomic mass is 19.1. The molecule has 144 valence electrons. The van der Waals surface area contributed by atoms with Crippen LogP contribution in [0.2, 0.25) is 0 Å². The Bertz CT molecular complexity index is 1020. The number of halogens is 2. The summed E-state index contributed by atoms with van der Waals surface area (Å²) in [7, 11) is 1.59. The summed E-state index contributed by atoms with van der Waals surface area (Å²) in [5.41, 5.74) is 2.24. The molecule has 3 aromatic rings. The van der Waals surface area contributed by atoms with Crippen molar-refractivity contribution in [3.05, 3.63) is 71.4 Å². The summed E-state index contributed by atoms with van der Waals surface area (Å²) in [6.45, 7) is 0.474. The average Bonchev–Trinajstić information content (AvgIpc) is 3.15. The molecule has 0 unspecified atom stereocenters. The van der Waals surface area contributed by atoms with Crippen molar-refractivity contribution < 1.29 is 18.3 Å². The summed E-state index contributed by atoms with van der Waals surface area (Å²) in [5, 5.41) is 10.5. The number of carbonyl (C=O) groups excluding carboxylic acids is 1. The molecule has 1 atom stereocenters. The summed E-state index contributed by atoms with van der Waals surface area (Å²) in [5.74, 6) is -0.735. The molecular formula is C20H18F2N4O2. The van der Waals surface area contributed by atoms with E-state index < -0.39 is 11.6 Å². The van der Waals surface area contributed by atoms with Crippen LogP contribution >= 0.6 is 0 Å². The third-order valence-electron chi connectivity index (χ3n) is 4.65. The fourth-order valence-corrected chi connectivity index (χ4v) is 3.12. The Morgan fingerprint density at radius 2 is 2.00 bits per heavy atom. The van der Waals surface area contributed by atoms with Crippen molar-refractivity contribution >= 4 is 5.91 Å². The van der Waals surface area contributed by atoms with E-state index in [2.05, 4.69) is 15.7 Å². The Labute approximate surface area is 160 Å². The molecule has 0 saturated heterocycles. The van der Waals surface area contributed by atoms with Crippen molar-refractivity contribution in [1.82, 2.24) is 20.4 Å². The molecule has 0 spiro atoms. The maximum absolute atomic E-state index is 13.9. The molecule has 1 amide bonds. The number of benzene rings is 2. The van der Waals surface area contributed by atoms with Gasteiger partial charge in [0.15, 0.2) is 0 Å². The number of fused-ring (bicyclic) bond motifs is 1. The highest BCUT2D eigenvalue weighted by molar-refractivity contribution is 5.94. The Hall–Kier alpha value is -3.26. The van der Waals surface area contributed by atoms with E-state index in [1.807, 2.05) is 24.3 Å². The molecule has 28 heavy (non-hydrogen) atoms. The number of nitrogens with zero attached hydrogens (tertiary/aromatic N) is 2. The van der Waals surface area contributed by atoms with Gasteiger partial charge in [-0.2, -0.15) is 5.10 Å². The second-order valence-electron chi connectivity index (χ2n) is 6.43. The third kappa shape index (κ3) is 3.46. The SMILES string of the molecule is COc1ccc(-c2cc3n(n2)[C@@H](NCc2ccc(F)cc2F)CNC3=O)cc1. The number of aromatic nitrogens is 2. The van der Waals surface area contributed by atoms with Crippen LogP contribution in [0.4, 0.5) is 8.78 Å². The van der Waals surface area contributed by atoms with Crippen molar-refractivity contribution in [2.24, 2.45) is 0 Å². The summed E-state index contributed by atoms with van der Waals surface area (Å²) < 4.78 is 33.7. The molecule has 0 saturated carbocycles. The summed E-state index contributed by atoms with van der Waals surface area (Å²) in [4.78, 5) is 12.2. The number of methoxy groups -OCH3 is 1. The molecule has 1 aliphatic rings. The molecule has 0 bridgehead atoms. The van der Waals surface area contributed by atoms with Gasteiger partial charge >= 0.3 is 0 Å². The highest BCUT2D eigenvalue weighted by Gasteiger charge is 2.27. The van der Waals surface area contributed by atoms with Gasteiger partial charge in [-0.15, -0.1) is 0 Å². The van der Waals surface area contributed by atoms with Gasteiger partial charge in [0.25, 0.3) is 5.91 Å². The minimum absolute atomic E-state index is 0.170. The van der Waals surface area contributed by atoms with E-state index in [9.17, 15) is 13.6 Å². The zero-order chi connectivity index (χ0) is 19.7. The van der Waals surface area contributed by atoms with Gasteiger partial charge in [0.2, 0.25) is 0 Å². The molecule has 6 nitrogen and oxygen atoms in total. The number of hydrogen-bond donors (Lipinski definition) is 2. The number of nitrogens with one attached hydrogen (secondary N) is 2. The van der Waals surface area contributed by atoms with E-state index in [0.29, 0.717) is 23.5 Å². The normalized spacial score (nSPS) is 15.8. The quantitative estimate of drug-likeness (QED) is 0.710. The van der Waals surface area contributed by atoms with Crippen LogP contribution in [-0.4, -0.2) is 29.3 Å². The Morgan fingerprint density at radius 3 is 2.71 bits per heavy atom. The van der Waals surface area contributed by atoms with Gasteiger partial charge in [0.1, 0.15) is 29.2 Å². The van der Waals surface area contributed by atoms with Crippen LogP contribution in [0.5, 0.6) is 5.75 Å². The second-order valence-corrected chi connectivity index (χ2v) is 6.43. The fourth-order valence-electron chi connectivity index (χ4n) is 3.12. The second kappa shape index (κ2) is 7.40. The summed E-state index contributed by atoms with van der Waals surface area (Å²) >= 11 is 0. The monoisotopic (exact) mass is 384 g/mol. The smallest absolute Gasteiger partial charge is 0.269 e. The first-order valence-corrected chi connectivity index (χ1v) is 8.74. The molecule has 4 rings (SSSR count). The Morgan fingerprint density at radius 1 is 1.21 bits per heavy atom. The van der Waals surface area contributed by atoms with Gasteiger partial charge in [-0.25, -0.2) is 13.5 Å². The van der Waals surface area contributed by atoms with Crippen LogP contribution < -0.4 is 15.4 Å². The first-order valence-electron chi connectivity index (χ1n) is 8.74. The fraction of sp³-hybridized carbons (Fsp3) is 0.200. The number of amides is 1. The predicted molar refractivity (Wildman–Crippen MR) is 98.8 cm³/mol. The van der Waals surface area contributed by atoms with E-state index in [1.165, 1.54) is 12.1 Å². The molecular weight excluding hydrogens is 366 g/mol. The molecule has 2 N–H and O–H groups in total. The largest absolute Gasteiger partial charge is 0.497 e. The summed E-state index contributed by atoms with van der Waals surface area (Å²) in [6, 6.07) is 12.5. The van der Waals surface area contributed by atoms with E-state index in [0.717, 1.165) is 17.4 Å². The van der Waals surface area contributed by atoms with Crippen molar-refractivity contribution in [2.75, 3.05) is 13.7 Å². The molecule has 1 aliphatic heterocycles. The molecule has 0 fully saturated rings. The minimum Gasteiger partial charge on any atom is -0.497 e. The van der Waals surface area contributed by atoms with Crippen molar-refractivity contribution in [3.63, 3.8) is 0 Å². The predicted octanol–water partition coefficient (Wildman–Crippen LogP) is 2.87. The van der Waals surface area contributed by atoms with Gasteiger partial charge in [-0.3, -0.25) is 10.1 Å². The van der Waals surface area contributed by atoms with E-state index in [-0.39, 0.29) is 18.6 Å². The van der Waals surface area contributed by atoms with Gasteiger partial charge in [0, 0.05) is 23.7 Å². The number of ether oxygens (including phenoxy) is 1. The minimum atomic E-state index is -0.621. The lowest BCUT2D eigenvalue weighted by molar-refractivity contribution is 0.0900. The number of carbonyl (C=O) groups is 1. The van der Waals surface area contributed by atoms with E-state index in [4.69, 9.17) is 4.74 Å². The topological polar surface area (TPSA) is 68.2 Å². The maximum Gasteiger partial charge on any atom is 0.269 e. The zero-order valence-corrected chi connectivity index (χ0v) is 15.1. The lowest BCUT2D eigenvalue weighted by Gasteiger charge is -2.25. The van der Waals surface area contributed by atoms with Crippen LogP contribution in [0.1, 0.15) is 22.2 Å². The van der Waals surface area contributed by atoms with Crippen molar-refractivity contribution in [3.8, 4) is 17.0 Å². The maximum atomic E-state index is 13.9. The van der Waals surface area contributed by atoms with Crippen molar-refractivity contribution in [1.29, 1.82) is 0 Å². The molecule has 0 aliphatic carbocycles. The van der Waals surface area contributed by atoms with E-state index in [1.54, 1.807) is 17.9 Å². The Kier molecular flexibility index (Phi) is 4.79. The van der Waals surface area contributed by atoms with E-state index >= 15 is 0 Å². The average molecular weight is 384 g/mol. The number of hydrogen-bond acceptors (Lipinski definition) is 4. The first-order chi connectivity index (χ1) is 13.5. The third-order valence-corrected chi connectivity index (χ3v) is 4.65. The zero-order valence-electron chi connectivity index (χ0n) is 15.1. The summed E-state index contributed by atoms with van der Waals surface area (Å²) in [6.07, 6.45) is -0.357. The van der Waals surface area contributed by atoms with Gasteiger partial charge in [-0.1, -0.05) is 6.07 Å². The van der Waals surface area contributed by atoms with Gasteiger partial charge < -0.3 is 10.1 Å². The van der Waals surface area contributed by atoms with Gasteiger partial charge in [-0.05, 0) is 36.4 Å². The van der Waals surface area contributed by atoms with Gasteiger partial charge in [0.05, 0.1) is 19.3 Å². The van der Waals surface area contributed by atoms with Crippen LogP contribution in [-0.2, 0) is 6.54 Å².